The number of nitrogens with two attached hydrogens (primary N) is 1. The maximum Gasteiger partial charge on any atom is 0.343 e. The average Bonchev–Trinajstić information content (AvgIpc) is 2.35. The van der Waals surface area contributed by atoms with Crippen LogP contribution in [0, 0.1) is 0 Å². The van der Waals surface area contributed by atoms with Gasteiger partial charge in [0.15, 0.2) is 0 Å². The van der Waals surface area contributed by atoms with Crippen molar-refractivity contribution < 1.29 is 14.6 Å². The van der Waals surface area contributed by atoms with Gasteiger partial charge in [-0.1, -0.05) is 18.2 Å². The molecule has 5 heteroatoms. The zero-order valence-electron chi connectivity index (χ0n) is 9.37. The van der Waals surface area contributed by atoms with Gasteiger partial charge in [-0.3, -0.25) is 0 Å². The summed E-state index contributed by atoms with van der Waals surface area (Å²) in [7, 11) is 0. The van der Waals surface area contributed by atoms with E-state index in [1.54, 1.807) is 24.3 Å². The van der Waals surface area contributed by atoms with E-state index >= 15 is 0 Å². The van der Waals surface area contributed by atoms with Gasteiger partial charge in [0.2, 0.25) is 0 Å². The van der Waals surface area contributed by atoms with E-state index in [1.165, 1.54) is 18.2 Å². The molecule has 0 fully saturated rings. The molecule has 2 rings (SSSR count). The molecule has 18 heavy (non-hydrogen) atoms. The Morgan fingerprint density at radius 1 is 1.11 bits per heavy atom. The molecule has 0 aliphatic heterocycles. The first-order chi connectivity index (χ1) is 8.16. The van der Waals surface area contributed by atoms with Crippen LogP contribution in [0.4, 0.5) is 5.69 Å². The molecule has 4 nitrogen and oxygen atoms in total. The van der Waals surface area contributed by atoms with Crippen LogP contribution in [0.15, 0.2) is 48.5 Å². The summed E-state index contributed by atoms with van der Waals surface area (Å²) < 4.78 is 5.11. The van der Waals surface area contributed by atoms with Crippen LogP contribution in [0.1, 0.15) is 10.4 Å². The van der Waals surface area contributed by atoms with E-state index in [2.05, 4.69) is 0 Å². The highest BCUT2D eigenvalue weighted by Gasteiger charge is 2.08. The molecular weight excluding hydrogens is 254 g/mol. The molecule has 0 heterocycles. The smallest absolute Gasteiger partial charge is 0.343 e. The summed E-state index contributed by atoms with van der Waals surface area (Å²) in [6.07, 6.45) is 0. The summed E-state index contributed by atoms with van der Waals surface area (Å²) in [6.45, 7) is 0. The maximum atomic E-state index is 11.7. The Balaban J connectivity index is 0.00000162. The molecule has 0 spiro atoms. The van der Waals surface area contributed by atoms with Gasteiger partial charge in [-0.15, -0.1) is 12.4 Å². The molecule has 0 aliphatic carbocycles. The second-order valence-corrected chi connectivity index (χ2v) is 3.48. The first-order valence-electron chi connectivity index (χ1n) is 5.02. The summed E-state index contributed by atoms with van der Waals surface area (Å²) in [5, 5.41) is 9.23. The minimum absolute atomic E-state index is 0. The fraction of sp³-hybridized carbons (Fsp3) is 0. The lowest BCUT2D eigenvalue weighted by Crippen LogP contribution is -2.08. The Bertz CT molecular complexity index is 543. The number of phenolic OH excluding ortho intramolecular Hbond substituents is 1. The number of carbonyl (C=O) groups excluding carboxylic acids is 1. The molecule has 94 valence electrons. The predicted molar refractivity (Wildman–Crippen MR) is 71.2 cm³/mol. The van der Waals surface area contributed by atoms with Gasteiger partial charge in [-0.05, 0) is 24.3 Å². The van der Waals surface area contributed by atoms with Crippen molar-refractivity contribution in [3.05, 3.63) is 54.1 Å². The molecule has 0 unspecified atom stereocenters. The SMILES string of the molecule is Cl.Nc1cc(OC(=O)c2ccccc2)ccc1O. The van der Waals surface area contributed by atoms with E-state index in [0.717, 1.165) is 0 Å². The van der Waals surface area contributed by atoms with E-state index in [0.29, 0.717) is 11.3 Å². The number of esters is 1. The number of benzene rings is 2. The molecule has 0 radical (unpaired) electrons. The Hall–Kier alpha value is -2.20. The Morgan fingerprint density at radius 3 is 2.39 bits per heavy atom. The van der Waals surface area contributed by atoms with Crippen molar-refractivity contribution in [1.29, 1.82) is 0 Å². The van der Waals surface area contributed by atoms with Crippen LogP contribution < -0.4 is 10.5 Å². The zero-order chi connectivity index (χ0) is 12.3. The van der Waals surface area contributed by atoms with E-state index in [4.69, 9.17) is 10.5 Å². The van der Waals surface area contributed by atoms with Gasteiger partial charge in [0.1, 0.15) is 11.5 Å². The van der Waals surface area contributed by atoms with Crippen molar-refractivity contribution in [2.45, 2.75) is 0 Å². The van der Waals surface area contributed by atoms with Gasteiger partial charge < -0.3 is 15.6 Å². The van der Waals surface area contributed by atoms with Gasteiger partial charge in [-0.2, -0.15) is 0 Å². The third-order valence-corrected chi connectivity index (χ3v) is 2.22. The Labute approximate surface area is 110 Å². The van der Waals surface area contributed by atoms with E-state index in [1.807, 2.05) is 6.07 Å². The second kappa shape index (κ2) is 5.93. The second-order valence-electron chi connectivity index (χ2n) is 3.48. The molecule has 2 aromatic rings. The quantitative estimate of drug-likeness (QED) is 0.379. The molecule has 2 aromatic carbocycles. The molecule has 0 amide bonds. The Kier molecular flexibility index (Phi) is 4.57. The number of hydrogen-bond acceptors (Lipinski definition) is 4. The number of rotatable bonds is 2. The number of phenols is 1. The van der Waals surface area contributed by atoms with Gasteiger partial charge in [-0.25, -0.2) is 4.79 Å². The minimum Gasteiger partial charge on any atom is -0.506 e. The van der Waals surface area contributed by atoms with Gasteiger partial charge >= 0.3 is 5.97 Å². The number of ether oxygens (including phenoxy) is 1. The predicted octanol–water partition coefficient (Wildman–Crippen LogP) is 2.62. The van der Waals surface area contributed by atoms with Crippen LogP contribution in [0.3, 0.4) is 0 Å². The largest absolute Gasteiger partial charge is 0.506 e. The monoisotopic (exact) mass is 265 g/mol. The first-order valence-corrected chi connectivity index (χ1v) is 5.02. The van der Waals surface area contributed by atoms with Crippen LogP contribution in [-0.4, -0.2) is 11.1 Å². The lowest BCUT2D eigenvalue weighted by atomic mass is 10.2. The van der Waals surface area contributed by atoms with Gasteiger partial charge in [0, 0.05) is 6.07 Å². The highest BCUT2D eigenvalue weighted by atomic mass is 35.5. The van der Waals surface area contributed by atoms with Crippen molar-refractivity contribution in [1.82, 2.24) is 0 Å². The van der Waals surface area contributed by atoms with E-state index in [-0.39, 0.29) is 23.8 Å². The first kappa shape index (κ1) is 13.9. The average molecular weight is 266 g/mol. The van der Waals surface area contributed by atoms with Crippen LogP contribution in [0.2, 0.25) is 0 Å². The number of hydrogen-bond donors (Lipinski definition) is 2. The normalized spacial score (nSPS) is 9.33. The molecular formula is C13H12ClNO3. The summed E-state index contributed by atoms with van der Waals surface area (Å²) in [4.78, 5) is 11.7. The molecule has 0 saturated carbocycles. The van der Waals surface area contributed by atoms with Crippen molar-refractivity contribution in [3.63, 3.8) is 0 Å². The minimum atomic E-state index is -0.462. The lowest BCUT2D eigenvalue weighted by Gasteiger charge is -2.05. The lowest BCUT2D eigenvalue weighted by molar-refractivity contribution is 0.0735. The number of carbonyl (C=O) groups is 1. The number of aromatic hydroxyl groups is 1. The van der Waals surface area contributed by atoms with E-state index in [9.17, 15) is 9.90 Å². The number of anilines is 1. The topological polar surface area (TPSA) is 72.5 Å². The summed E-state index contributed by atoms with van der Waals surface area (Å²) in [6, 6.07) is 12.9. The van der Waals surface area contributed by atoms with E-state index < -0.39 is 5.97 Å². The zero-order valence-corrected chi connectivity index (χ0v) is 10.2. The van der Waals surface area contributed by atoms with Crippen molar-refractivity contribution in [2.24, 2.45) is 0 Å². The van der Waals surface area contributed by atoms with Crippen LogP contribution >= 0.6 is 12.4 Å². The molecule has 0 atom stereocenters. The van der Waals surface area contributed by atoms with Crippen LogP contribution in [0.5, 0.6) is 11.5 Å². The van der Waals surface area contributed by atoms with Crippen LogP contribution in [-0.2, 0) is 0 Å². The van der Waals surface area contributed by atoms with Gasteiger partial charge in [0.25, 0.3) is 0 Å². The highest BCUT2D eigenvalue weighted by Crippen LogP contribution is 2.25. The summed E-state index contributed by atoms with van der Waals surface area (Å²) in [5.41, 5.74) is 6.12. The van der Waals surface area contributed by atoms with Crippen LogP contribution in [0.25, 0.3) is 0 Å². The fourth-order valence-electron chi connectivity index (χ4n) is 1.34. The molecule has 0 aliphatic rings. The standard InChI is InChI=1S/C13H11NO3.ClH/c14-11-8-10(6-7-12(11)15)17-13(16)9-4-2-1-3-5-9;/h1-8,15H,14H2;1H. The number of nitrogen functional groups attached to an aromatic ring is 1. The third kappa shape index (κ3) is 3.15. The number of halogens is 1. The maximum absolute atomic E-state index is 11.7. The van der Waals surface area contributed by atoms with Crippen molar-refractivity contribution >= 4 is 24.1 Å². The molecule has 0 bridgehead atoms. The molecule has 3 N–H and O–H groups in total. The molecule has 0 saturated heterocycles. The fourth-order valence-corrected chi connectivity index (χ4v) is 1.34. The third-order valence-electron chi connectivity index (χ3n) is 2.22. The summed E-state index contributed by atoms with van der Waals surface area (Å²) >= 11 is 0. The highest BCUT2D eigenvalue weighted by molar-refractivity contribution is 5.91. The Morgan fingerprint density at radius 2 is 1.78 bits per heavy atom. The molecule has 0 aromatic heterocycles. The van der Waals surface area contributed by atoms with Gasteiger partial charge in [0.05, 0.1) is 11.3 Å². The van der Waals surface area contributed by atoms with Crippen molar-refractivity contribution in [3.8, 4) is 11.5 Å². The summed E-state index contributed by atoms with van der Waals surface area (Å²) in [5.74, 6) is -0.200. The van der Waals surface area contributed by atoms with Crippen molar-refractivity contribution in [2.75, 3.05) is 5.73 Å².